The van der Waals surface area contributed by atoms with Gasteiger partial charge < -0.3 is 14.7 Å². The third-order valence-corrected chi connectivity index (χ3v) is 7.25. The van der Waals surface area contributed by atoms with E-state index < -0.39 is 16.1 Å². The lowest BCUT2D eigenvalue weighted by Gasteiger charge is -2.37. The molecule has 1 aliphatic heterocycles. The van der Waals surface area contributed by atoms with Crippen molar-refractivity contribution in [3.63, 3.8) is 0 Å². The van der Waals surface area contributed by atoms with Gasteiger partial charge in [0.1, 0.15) is 16.7 Å². The molecule has 0 fully saturated rings. The zero-order chi connectivity index (χ0) is 21.2. The van der Waals surface area contributed by atoms with E-state index in [0.717, 1.165) is 11.1 Å². The number of nitrogens with zero attached hydrogens (tertiary/aromatic N) is 3. The molecule has 0 spiro atoms. The zero-order valence-corrected chi connectivity index (χ0v) is 18.1. The van der Waals surface area contributed by atoms with Gasteiger partial charge in [-0.2, -0.15) is 4.31 Å². The van der Waals surface area contributed by atoms with Crippen LogP contribution in [-0.4, -0.2) is 73.7 Å². The van der Waals surface area contributed by atoms with Crippen molar-refractivity contribution >= 4 is 10.0 Å². The second kappa shape index (κ2) is 8.79. The van der Waals surface area contributed by atoms with Crippen molar-refractivity contribution in [2.45, 2.75) is 30.9 Å². The Kier molecular flexibility index (Phi) is 6.58. The Morgan fingerprint density at radius 3 is 2.55 bits per heavy atom. The molecule has 0 amide bonds. The number of fused-ring (bicyclic) bond motifs is 1. The Morgan fingerprint density at radius 2 is 1.93 bits per heavy atom. The number of benzene rings is 1. The zero-order valence-electron chi connectivity index (χ0n) is 17.3. The lowest BCUT2D eigenvalue weighted by molar-refractivity contribution is 0.0813. The van der Waals surface area contributed by atoms with Crippen LogP contribution in [0.1, 0.15) is 13.8 Å². The first-order chi connectivity index (χ1) is 13.7. The molecule has 8 heteroatoms. The fraction of sp³-hybridized carbons (Fsp3) is 0.476. The molecule has 0 saturated heterocycles. The highest BCUT2D eigenvalue weighted by atomic mass is 32.2. The van der Waals surface area contributed by atoms with E-state index in [1.165, 1.54) is 4.31 Å². The number of aliphatic hydroxyl groups excluding tert-OH is 1. The average molecular weight is 420 g/mol. The van der Waals surface area contributed by atoms with Gasteiger partial charge in [-0.15, -0.1) is 0 Å². The molecule has 1 N–H and O–H groups in total. The van der Waals surface area contributed by atoms with Gasteiger partial charge in [-0.25, -0.2) is 8.42 Å². The van der Waals surface area contributed by atoms with E-state index in [9.17, 15) is 13.5 Å². The molecule has 0 unspecified atom stereocenters. The average Bonchev–Trinajstić information content (AvgIpc) is 2.70. The Morgan fingerprint density at radius 1 is 1.24 bits per heavy atom. The van der Waals surface area contributed by atoms with E-state index >= 15 is 0 Å². The van der Waals surface area contributed by atoms with Gasteiger partial charge in [0.25, 0.3) is 0 Å². The molecule has 0 radical (unpaired) electrons. The molecule has 2 aromatic rings. The van der Waals surface area contributed by atoms with Crippen molar-refractivity contribution in [2.75, 3.05) is 33.8 Å². The molecule has 0 saturated carbocycles. The second-order valence-electron chi connectivity index (χ2n) is 7.90. The number of hydrogen-bond acceptors (Lipinski definition) is 6. The number of sulfonamides is 1. The van der Waals surface area contributed by atoms with Crippen LogP contribution in [0.3, 0.4) is 0 Å². The molecule has 29 heavy (non-hydrogen) atoms. The third-order valence-electron chi connectivity index (χ3n) is 5.23. The van der Waals surface area contributed by atoms with Crippen molar-refractivity contribution in [2.24, 2.45) is 5.92 Å². The van der Waals surface area contributed by atoms with Crippen LogP contribution in [0.5, 0.6) is 5.75 Å². The normalized spacial score (nSPS) is 23.0. The minimum atomic E-state index is -3.82. The van der Waals surface area contributed by atoms with Gasteiger partial charge in [0, 0.05) is 37.4 Å². The number of likely N-dealkylation sites (N-methyl/N-ethyl adjacent to an activating group) is 1. The molecule has 1 aromatic heterocycles. The summed E-state index contributed by atoms with van der Waals surface area (Å²) in [7, 11) is 0.117. The van der Waals surface area contributed by atoms with Crippen LogP contribution < -0.4 is 4.74 Å². The standard InChI is InChI=1S/C21H29N3O4S/c1-15-12-24(16(2)14-25)29(26,27)21-6-5-18(17-7-9-22-10-8-17)11-19(21)28-20(15)13-23(3)4/h5-11,15-16,20,25H,12-14H2,1-4H3/t15-,16-,20+/m1/s1. The Labute approximate surface area is 173 Å². The Bertz CT molecular complexity index is 934. The summed E-state index contributed by atoms with van der Waals surface area (Å²) in [6.07, 6.45) is 3.21. The summed E-state index contributed by atoms with van der Waals surface area (Å²) >= 11 is 0. The number of ether oxygens (including phenoxy) is 1. The van der Waals surface area contributed by atoms with E-state index in [2.05, 4.69) is 4.98 Å². The first-order valence-corrected chi connectivity index (χ1v) is 11.2. The smallest absolute Gasteiger partial charge is 0.247 e. The molecule has 3 atom stereocenters. The summed E-state index contributed by atoms with van der Waals surface area (Å²) in [5.41, 5.74) is 1.79. The van der Waals surface area contributed by atoms with Crippen LogP contribution in [0.25, 0.3) is 11.1 Å². The molecule has 0 bridgehead atoms. The molecule has 2 heterocycles. The fourth-order valence-electron chi connectivity index (χ4n) is 3.53. The minimum Gasteiger partial charge on any atom is -0.487 e. The Balaban J connectivity index is 2.14. The monoisotopic (exact) mass is 419 g/mol. The van der Waals surface area contributed by atoms with Crippen molar-refractivity contribution in [1.82, 2.24) is 14.2 Å². The highest BCUT2D eigenvalue weighted by Crippen LogP contribution is 2.36. The topological polar surface area (TPSA) is 83.0 Å². The van der Waals surface area contributed by atoms with Crippen molar-refractivity contribution < 1.29 is 18.3 Å². The number of rotatable bonds is 5. The summed E-state index contributed by atoms with van der Waals surface area (Å²) in [6, 6.07) is 8.39. The number of aromatic nitrogens is 1. The maximum atomic E-state index is 13.4. The molecule has 158 valence electrons. The van der Waals surface area contributed by atoms with Crippen LogP contribution in [0.2, 0.25) is 0 Å². The molecule has 1 aliphatic rings. The first kappa shape index (κ1) is 21.7. The Hall–Kier alpha value is -2.00. The molecule has 3 rings (SSSR count). The number of pyridine rings is 1. The van der Waals surface area contributed by atoms with Crippen LogP contribution in [0, 0.1) is 5.92 Å². The predicted octanol–water partition coefficient (Wildman–Crippen LogP) is 2.08. The highest BCUT2D eigenvalue weighted by molar-refractivity contribution is 7.89. The van der Waals surface area contributed by atoms with E-state index in [1.807, 2.05) is 38.1 Å². The fourth-order valence-corrected chi connectivity index (χ4v) is 5.35. The van der Waals surface area contributed by atoms with Gasteiger partial charge in [-0.1, -0.05) is 13.0 Å². The van der Waals surface area contributed by atoms with E-state index in [0.29, 0.717) is 12.3 Å². The molecular formula is C21H29N3O4S. The number of aliphatic hydroxyl groups is 1. The van der Waals surface area contributed by atoms with Crippen LogP contribution in [0.15, 0.2) is 47.6 Å². The van der Waals surface area contributed by atoms with E-state index in [4.69, 9.17) is 4.74 Å². The van der Waals surface area contributed by atoms with Gasteiger partial charge in [-0.05, 0) is 56.4 Å². The number of hydrogen-bond donors (Lipinski definition) is 1. The largest absolute Gasteiger partial charge is 0.487 e. The molecule has 7 nitrogen and oxygen atoms in total. The summed E-state index contributed by atoms with van der Waals surface area (Å²) < 4.78 is 34.5. The third kappa shape index (κ3) is 4.61. The SMILES string of the molecule is C[C@@H]1CN([C@H](C)CO)S(=O)(=O)c2ccc(-c3ccncc3)cc2O[C@H]1CN(C)C. The van der Waals surface area contributed by atoms with Gasteiger partial charge in [-0.3, -0.25) is 4.98 Å². The summed E-state index contributed by atoms with van der Waals surface area (Å²) in [6.45, 7) is 4.41. The first-order valence-electron chi connectivity index (χ1n) is 9.72. The molecule has 0 aliphatic carbocycles. The maximum absolute atomic E-state index is 13.4. The molecular weight excluding hydrogens is 390 g/mol. The maximum Gasteiger partial charge on any atom is 0.247 e. The lowest BCUT2D eigenvalue weighted by Crippen LogP contribution is -2.49. The van der Waals surface area contributed by atoms with Crippen LogP contribution in [-0.2, 0) is 10.0 Å². The lowest BCUT2D eigenvalue weighted by atomic mass is 10.0. The van der Waals surface area contributed by atoms with Crippen molar-refractivity contribution in [1.29, 1.82) is 0 Å². The van der Waals surface area contributed by atoms with Gasteiger partial charge in [0.05, 0.1) is 6.61 Å². The van der Waals surface area contributed by atoms with Gasteiger partial charge in [0.2, 0.25) is 10.0 Å². The van der Waals surface area contributed by atoms with Gasteiger partial charge >= 0.3 is 0 Å². The second-order valence-corrected chi connectivity index (χ2v) is 9.76. The highest BCUT2D eigenvalue weighted by Gasteiger charge is 2.37. The minimum absolute atomic E-state index is 0.0566. The quantitative estimate of drug-likeness (QED) is 0.799. The van der Waals surface area contributed by atoms with Crippen LogP contribution in [0.4, 0.5) is 0 Å². The summed E-state index contributed by atoms with van der Waals surface area (Å²) in [5.74, 6) is 0.284. The van der Waals surface area contributed by atoms with Crippen LogP contribution >= 0.6 is 0 Å². The van der Waals surface area contributed by atoms with Crippen molar-refractivity contribution in [3.8, 4) is 16.9 Å². The summed E-state index contributed by atoms with van der Waals surface area (Å²) in [5, 5.41) is 9.67. The summed E-state index contributed by atoms with van der Waals surface area (Å²) in [4.78, 5) is 6.20. The predicted molar refractivity (Wildman–Crippen MR) is 112 cm³/mol. The van der Waals surface area contributed by atoms with Crippen molar-refractivity contribution in [3.05, 3.63) is 42.7 Å². The van der Waals surface area contributed by atoms with Gasteiger partial charge in [0.15, 0.2) is 0 Å². The van der Waals surface area contributed by atoms with E-state index in [-0.39, 0.29) is 30.1 Å². The van der Waals surface area contributed by atoms with E-state index in [1.54, 1.807) is 37.5 Å². The molecule has 1 aromatic carbocycles.